The first kappa shape index (κ1) is 24.7. The van der Waals surface area contributed by atoms with Gasteiger partial charge in [-0.15, -0.1) is 0 Å². The van der Waals surface area contributed by atoms with Gasteiger partial charge in [0.25, 0.3) is 0 Å². The predicted octanol–water partition coefficient (Wildman–Crippen LogP) is 3.69. The number of hydrogen-bond acceptors (Lipinski definition) is 5. The maximum atomic E-state index is 13.0. The van der Waals surface area contributed by atoms with Crippen LogP contribution in [0.1, 0.15) is 49.7 Å². The maximum absolute atomic E-state index is 13.0. The molecule has 1 saturated carbocycles. The van der Waals surface area contributed by atoms with E-state index in [1.54, 1.807) is 0 Å². The molecule has 35 heavy (non-hydrogen) atoms. The Hall–Kier alpha value is -3.39. The van der Waals surface area contributed by atoms with Gasteiger partial charge in [-0.25, -0.2) is 9.59 Å². The van der Waals surface area contributed by atoms with Crippen LogP contribution in [0.2, 0.25) is 0 Å². The zero-order valence-corrected chi connectivity index (χ0v) is 19.9. The number of benzene rings is 2. The maximum Gasteiger partial charge on any atom is 0.407 e. The average Bonchev–Trinajstić information content (AvgIpc) is 3.17. The number of amides is 2. The predicted molar refractivity (Wildman–Crippen MR) is 130 cm³/mol. The molecular formula is C27H32N2O6. The van der Waals surface area contributed by atoms with Crippen LogP contribution in [-0.2, 0) is 19.1 Å². The van der Waals surface area contributed by atoms with Crippen LogP contribution in [-0.4, -0.2) is 55.5 Å². The van der Waals surface area contributed by atoms with E-state index in [2.05, 4.69) is 34.9 Å². The van der Waals surface area contributed by atoms with Gasteiger partial charge in [0, 0.05) is 18.5 Å². The minimum absolute atomic E-state index is 0.0278. The minimum atomic E-state index is -1.05. The number of fused-ring (bicyclic) bond motifs is 3. The van der Waals surface area contributed by atoms with Crippen LogP contribution >= 0.6 is 0 Å². The summed E-state index contributed by atoms with van der Waals surface area (Å²) < 4.78 is 10.7. The van der Waals surface area contributed by atoms with Gasteiger partial charge < -0.3 is 25.2 Å². The molecule has 2 amide bonds. The fraction of sp³-hybridized carbons (Fsp3) is 0.444. The Morgan fingerprint density at radius 3 is 2.34 bits per heavy atom. The summed E-state index contributed by atoms with van der Waals surface area (Å²) in [6.45, 7) is 1.99. The number of carboxylic acid groups (broad SMARTS) is 1. The fourth-order valence-electron chi connectivity index (χ4n) is 5.22. The summed E-state index contributed by atoms with van der Waals surface area (Å²) in [5.74, 6) is -1.26. The van der Waals surface area contributed by atoms with Gasteiger partial charge in [0.2, 0.25) is 5.91 Å². The summed E-state index contributed by atoms with van der Waals surface area (Å²) in [5.41, 5.74) is 3.85. The Labute approximate surface area is 205 Å². The van der Waals surface area contributed by atoms with Crippen molar-refractivity contribution in [1.29, 1.82) is 0 Å². The number of hydrogen-bond donors (Lipinski definition) is 3. The molecule has 0 aliphatic heterocycles. The first-order valence-corrected chi connectivity index (χ1v) is 12.1. The van der Waals surface area contributed by atoms with Gasteiger partial charge in [0.15, 0.2) is 0 Å². The normalized spacial score (nSPS) is 21.0. The second-order valence-electron chi connectivity index (χ2n) is 9.39. The van der Waals surface area contributed by atoms with Crippen molar-refractivity contribution in [2.75, 3.05) is 26.4 Å². The van der Waals surface area contributed by atoms with E-state index >= 15 is 0 Å². The van der Waals surface area contributed by atoms with Crippen LogP contribution in [0.25, 0.3) is 11.1 Å². The second-order valence-corrected chi connectivity index (χ2v) is 9.39. The lowest BCUT2D eigenvalue weighted by Crippen LogP contribution is -2.56. The molecule has 2 aliphatic carbocycles. The van der Waals surface area contributed by atoms with E-state index in [9.17, 15) is 14.4 Å². The van der Waals surface area contributed by atoms with E-state index in [0.29, 0.717) is 12.8 Å². The molecule has 0 bridgehead atoms. The van der Waals surface area contributed by atoms with Crippen molar-refractivity contribution in [3.05, 3.63) is 59.7 Å². The lowest BCUT2D eigenvalue weighted by atomic mass is 9.71. The molecule has 186 valence electrons. The molecular weight excluding hydrogens is 448 g/mol. The molecule has 0 heterocycles. The quantitative estimate of drug-likeness (QED) is 0.472. The summed E-state index contributed by atoms with van der Waals surface area (Å²) in [5, 5.41) is 14.4. The molecule has 0 radical (unpaired) electrons. The molecule has 4 rings (SSSR count). The molecule has 8 nitrogen and oxygen atoms in total. The van der Waals surface area contributed by atoms with Crippen molar-refractivity contribution in [3.63, 3.8) is 0 Å². The summed E-state index contributed by atoms with van der Waals surface area (Å²) in [6, 6.07) is 16.0. The van der Waals surface area contributed by atoms with E-state index in [4.69, 9.17) is 14.6 Å². The van der Waals surface area contributed by atoms with E-state index in [0.717, 1.165) is 24.0 Å². The van der Waals surface area contributed by atoms with Crippen LogP contribution in [0.3, 0.4) is 0 Å². The number of aliphatic carboxylic acids is 1. The van der Waals surface area contributed by atoms with Crippen LogP contribution in [0.15, 0.2) is 48.5 Å². The highest BCUT2D eigenvalue weighted by Gasteiger charge is 2.44. The van der Waals surface area contributed by atoms with Crippen LogP contribution < -0.4 is 10.6 Å². The van der Waals surface area contributed by atoms with Crippen molar-refractivity contribution in [3.8, 4) is 11.1 Å². The zero-order chi connectivity index (χ0) is 24.8. The lowest BCUT2D eigenvalue weighted by Gasteiger charge is -2.40. The van der Waals surface area contributed by atoms with Gasteiger partial charge in [-0.2, -0.15) is 0 Å². The third-order valence-electron chi connectivity index (χ3n) is 7.12. The summed E-state index contributed by atoms with van der Waals surface area (Å²) >= 11 is 0. The SMILES string of the molecule is CC1(C(=O)NCCOCC(=O)O)CCCCC1NC(=O)OCC1c2ccccc2-c2ccccc21. The fourth-order valence-corrected chi connectivity index (χ4v) is 5.22. The van der Waals surface area contributed by atoms with Crippen molar-refractivity contribution >= 4 is 18.0 Å². The topological polar surface area (TPSA) is 114 Å². The third kappa shape index (κ3) is 5.48. The molecule has 8 heteroatoms. The second kappa shape index (κ2) is 10.9. The van der Waals surface area contributed by atoms with E-state index in [-0.39, 0.29) is 37.6 Å². The van der Waals surface area contributed by atoms with Crippen LogP contribution in [0.5, 0.6) is 0 Å². The number of nitrogens with one attached hydrogen (secondary N) is 2. The molecule has 2 aromatic rings. The summed E-state index contributed by atoms with van der Waals surface area (Å²) in [6.07, 6.45) is 2.61. The Morgan fingerprint density at radius 1 is 1.03 bits per heavy atom. The number of ether oxygens (including phenoxy) is 2. The van der Waals surface area contributed by atoms with Gasteiger partial charge in [0.05, 0.1) is 12.0 Å². The highest BCUT2D eigenvalue weighted by atomic mass is 16.5. The smallest absolute Gasteiger partial charge is 0.407 e. The molecule has 2 atom stereocenters. The van der Waals surface area contributed by atoms with Crippen molar-refractivity contribution < 1.29 is 29.0 Å². The Bertz CT molecular complexity index is 1040. The zero-order valence-electron chi connectivity index (χ0n) is 19.9. The molecule has 2 unspecified atom stereocenters. The molecule has 2 aliphatic rings. The van der Waals surface area contributed by atoms with Gasteiger partial charge in [-0.1, -0.05) is 61.4 Å². The molecule has 0 saturated heterocycles. The van der Waals surface area contributed by atoms with Gasteiger partial charge in [-0.3, -0.25) is 4.79 Å². The van der Waals surface area contributed by atoms with Crippen LogP contribution in [0, 0.1) is 5.41 Å². The average molecular weight is 481 g/mol. The van der Waals surface area contributed by atoms with Crippen molar-refractivity contribution in [1.82, 2.24) is 10.6 Å². The Balaban J connectivity index is 1.34. The monoisotopic (exact) mass is 480 g/mol. The molecule has 1 fully saturated rings. The number of carboxylic acids is 1. The Kier molecular flexibility index (Phi) is 7.70. The number of alkyl carbamates (subject to hydrolysis) is 1. The molecule has 0 aromatic heterocycles. The summed E-state index contributed by atoms with van der Waals surface area (Å²) in [4.78, 5) is 36.3. The molecule has 0 spiro atoms. The first-order chi connectivity index (χ1) is 16.9. The molecule has 3 N–H and O–H groups in total. The lowest BCUT2D eigenvalue weighted by molar-refractivity contribution is -0.142. The first-order valence-electron chi connectivity index (χ1n) is 12.1. The standard InChI is InChI=1S/C27H32N2O6/c1-27(25(32)28-14-15-34-17-24(30)31)13-7-6-12-23(27)29-26(33)35-16-22-20-10-4-2-8-18(20)19-9-3-5-11-21(19)22/h2-5,8-11,22-23H,6-7,12-17H2,1H3,(H,28,32)(H,29,33)(H,30,31). The highest BCUT2D eigenvalue weighted by molar-refractivity contribution is 5.84. The largest absolute Gasteiger partial charge is 0.480 e. The number of carbonyl (C=O) groups excluding carboxylic acids is 2. The van der Waals surface area contributed by atoms with Crippen molar-refractivity contribution in [2.45, 2.75) is 44.6 Å². The molecule has 2 aromatic carbocycles. The summed E-state index contributed by atoms with van der Waals surface area (Å²) in [7, 11) is 0. The van der Waals surface area contributed by atoms with Gasteiger partial charge in [-0.05, 0) is 42.0 Å². The van der Waals surface area contributed by atoms with Crippen molar-refractivity contribution in [2.24, 2.45) is 5.41 Å². The van der Waals surface area contributed by atoms with E-state index < -0.39 is 24.1 Å². The number of carbonyl (C=O) groups is 3. The van der Waals surface area contributed by atoms with Crippen LogP contribution in [0.4, 0.5) is 4.79 Å². The third-order valence-corrected chi connectivity index (χ3v) is 7.12. The van der Waals surface area contributed by atoms with Gasteiger partial charge in [0.1, 0.15) is 13.2 Å². The highest BCUT2D eigenvalue weighted by Crippen LogP contribution is 2.44. The van der Waals surface area contributed by atoms with E-state index in [1.165, 1.54) is 11.1 Å². The van der Waals surface area contributed by atoms with E-state index in [1.807, 2.05) is 31.2 Å². The van der Waals surface area contributed by atoms with Gasteiger partial charge >= 0.3 is 12.1 Å². The number of rotatable bonds is 9. The minimum Gasteiger partial charge on any atom is -0.480 e. The Morgan fingerprint density at radius 2 is 1.69 bits per heavy atom.